The number of fused-ring (bicyclic) bond motifs is 3. The van der Waals surface area contributed by atoms with E-state index in [-0.39, 0.29) is 16.7 Å². The van der Waals surface area contributed by atoms with Crippen molar-refractivity contribution in [3.63, 3.8) is 0 Å². The van der Waals surface area contributed by atoms with Crippen LogP contribution >= 0.6 is 11.8 Å². The van der Waals surface area contributed by atoms with Crippen LogP contribution < -0.4 is 10.9 Å². The summed E-state index contributed by atoms with van der Waals surface area (Å²) in [7, 11) is 0. The lowest BCUT2D eigenvalue weighted by atomic mass is 9.97. The van der Waals surface area contributed by atoms with E-state index >= 15 is 0 Å². The van der Waals surface area contributed by atoms with Crippen LogP contribution in [0.5, 0.6) is 0 Å². The number of para-hydroxylation sites is 1. The van der Waals surface area contributed by atoms with Gasteiger partial charge in [-0.25, -0.2) is 0 Å². The standard InChI is InChI=1S/C24H31N5O2S/c1-3-4-16-28-22(31)19-12-8-9-13-20(19)29-23(28)26-27-24(29)32-17(2)21(30)25-15-14-18-10-6-5-7-11-18/h8-10,12-13,17H,3-7,11,14-16H2,1-2H3,(H,25,30). The summed E-state index contributed by atoms with van der Waals surface area (Å²) in [5.74, 6) is 0.522. The largest absolute Gasteiger partial charge is 0.355 e. The first-order valence-corrected chi connectivity index (χ1v) is 12.5. The molecule has 0 radical (unpaired) electrons. The zero-order chi connectivity index (χ0) is 22.5. The molecule has 0 bridgehead atoms. The molecule has 0 saturated heterocycles. The van der Waals surface area contributed by atoms with E-state index in [1.807, 2.05) is 35.6 Å². The quantitative estimate of drug-likeness (QED) is 0.385. The minimum absolute atomic E-state index is 0.00762. The van der Waals surface area contributed by atoms with Gasteiger partial charge in [0.05, 0.1) is 16.2 Å². The van der Waals surface area contributed by atoms with Crippen LogP contribution in [0.2, 0.25) is 0 Å². The molecule has 1 amide bonds. The van der Waals surface area contributed by atoms with Crippen molar-refractivity contribution < 1.29 is 4.79 Å². The highest BCUT2D eigenvalue weighted by atomic mass is 32.2. The smallest absolute Gasteiger partial charge is 0.262 e. The Labute approximate surface area is 192 Å². The Morgan fingerprint density at radius 1 is 1.25 bits per heavy atom. The summed E-state index contributed by atoms with van der Waals surface area (Å²) in [5, 5.41) is 12.7. The van der Waals surface area contributed by atoms with Crippen LogP contribution in [0.25, 0.3) is 16.7 Å². The second-order valence-electron chi connectivity index (χ2n) is 8.35. The fraction of sp³-hybridized carbons (Fsp3) is 0.500. The van der Waals surface area contributed by atoms with E-state index in [1.165, 1.54) is 30.2 Å². The van der Waals surface area contributed by atoms with Gasteiger partial charge < -0.3 is 5.32 Å². The van der Waals surface area contributed by atoms with Gasteiger partial charge in [0.15, 0.2) is 5.16 Å². The molecule has 2 aromatic heterocycles. The van der Waals surface area contributed by atoms with Gasteiger partial charge >= 0.3 is 0 Å². The van der Waals surface area contributed by atoms with Crippen molar-refractivity contribution >= 4 is 34.3 Å². The normalized spacial score (nSPS) is 15.1. The van der Waals surface area contributed by atoms with Crippen molar-refractivity contribution in [2.75, 3.05) is 6.54 Å². The van der Waals surface area contributed by atoms with Gasteiger partial charge in [-0.05, 0) is 57.6 Å². The monoisotopic (exact) mass is 453 g/mol. The maximum atomic E-state index is 13.0. The number of aryl methyl sites for hydroxylation is 1. The number of nitrogens with one attached hydrogen (secondary N) is 1. The van der Waals surface area contributed by atoms with Gasteiger partial charge in [-0.1, -0.05) is 48.9 Å². The molecule has 1 atom stereocenters. The Kier molecular flexibility index (Phi) is 7.29. The third kappa shape index (κ3) is 4.75. The molecule has 1 N–H and O–H groups in total. The first-order valence-electron chi connectivity index (χ1n) is 11.6. The summed E-state index contributed by atoms with van der Waals surface area (Å²) >= 11 is 1.37. The number of unbranched alkanes of at least 4 members (excludes halogenated alkanes) is 1. The number of benzene rings is 1. The molecule has 0 aliphatic heterocycles. The zero-order valence-corrected chi connectivity index (χ0v) is 19.7. The zero-order valence-electron chi connectivity index (χ0n) is 18.8. The summed E-state index contributed by atoms with van der Waals surface area (Å²) in [6.45, 7) is 5.24. The van der Waals surface area contributed by atoms with Crippen molar-refractivity contribution in [3.05, 3.63) is 46.3 Å². The predicted molar refractivity (Wildman–Crippen MR) is 129 cm³/mol. The van der Waals surface area contributed by atoms with E-state index in [9.17, 15) is 9.59 Å². The van der Waals surface area contributed by atoms with Crippen LogP contribution in [0.4, 0.5) is 0 Å². The molecule has 1 aromatic carbocycles. The van der Waals surface area contributed by atoms with E-state index in [0.717, 1.165) is 37.6 Å². The summed E-state index contributed by atoms with van der Waals surface area (Å²) in [5.41, 5.74) is 2.18. The van der Waals surface area contributed by atoms with Crippen LogP contribution in [0, 0.1) is 0 Å². The van der Waals surface area contributed by atoms with Gasteiger partial charge in [0, 0.05) is 13.1 Å². The van der Waals surface area contributed by atoms with Gasteiger partial charge in [0.1, 0.15) is 0 Å². The second kappa shape index (κ2) is 10.3. The number of hydrogen-bond acceptors (Lipinski definition) is 5. The number of nitrogens with zero attached hydrogens (tertiary/aromatic N) is 4. The third-order valence-corrected chi connectivity index (χ3v) is 7.04. The van der Waals surface area contributed by atoms with Gasteiger partial charge in [0.2, 0.25) is 11.7 Å². The van der Waals surface area contributed by atoms with Crippen LogP contribution in [0.3, 0.4) is 0 Å². The SMILES string of the molecule is CCCCn1c(=O)c2ccccc2n2c(SC(C)C(=O)NCCC3=CCCCC3)nnc12. The number of carbonyl (C=O) groups is 1. The summed E-state index contributed by atoms with van der Waals surface area (Å²) < 4.78 is 3.61. The van der Waals surface area contributed by atoms with Gasteiger partial charge in [-0.3, -0.25) is 18.6 Å². The van der Waals surface area contributed by atoms with Crippen molar-refractivity contribution in [2.45, 2.75) is 75.7 Å². The Hall–Kier alpha value is -2.61. The highest BCUT2D eigenvalue weighted by molar-refractivity contribution is 8.00. The molecule has 8 heteroatoms. The maximum Gasteiger partial charge on any atom is 0.262 e. The molecule has 170 valence electrons. The predicted octanol–water partition coefficient (Wildman–Crippen LogP) is 4.33. The Morgan fingerprint density at radius 3 is 2.88 bits per heavy atom. The Bertz CT molecular complexity index is 1200. The number of allylic oxidation sites excluding steroid dienone is 1. The average molecular weight is 454 g/mol. The minimum Gasteiger partial charge on any atom is -0.355 e. The lowest BCUT2D eigenvalue weighted by Crippen LogP contribution is -2.32. The van der Waals surface area contributed by atoms with E-state index in [4.69, 9.17) is 0 Å². The molecule has 1 aliphatic rings. The molecule has 7 nitrogen and oxygen atoms in total. The highest BCUT2D eigenvalue weighted by Gasteiger charge is 2.21. The lowest BCUT2D eigenvalue weighted by molar-refractivity contribution is -0.120. The van der Waals surface area contributed by atoms with E-state index in [2.05, 4.69) is 28.5 Å². The Morgan fingerprint density at radius 2 is 2.09 bits per heavy atom. The number of carbonyl (C=O) groups excluding carboxylic acids is 1. The van der Waals surface area contributed by atoms with Gasteiger partial charge in [-0.15, -0.1) is 10.2 Å². The molecular weight excluding hydrogens is 422 g/mol. The fourth-order valence-electron chi connectivity index (χ4n) is 4.16. The number of amides is 1. The van der Waals surface area contributed by atoms with Crippen LogP contribution in [0.15, 0.2) is 45.9 Å². The lowest BCUT2D eigenvalue weighted by Gasteiger charge is -2.15. The summed E-state index contributed by atoms with van der Waals surface area (Å²) in [6.07, 6.45) is 9.95. The molecule has 32 heavy (non-hydrogen) atoms. The molecule has 3 aromatic rings. The second-order valence-corrected chi connectivity index (χ2v) is 9.66. The van der Waals surface area contributed by atoms with Crippen molar-refractivity contribution in [3.8, 4) is 0 Å². The third-order valence-electron chi connectivity index (χ3n) is 6.00. The molecule has 1 aliphatic carbocycles. The highest BCUT2D eigenvalue weighted by Crippen LogP contribution is 2.25. The molecule has 0 saturated carbocycles. The topological polar surface area (TPSA) is 81.3 Å². The number of rotatable bonds is 9. The number of hydrogen-bond donors (Lipinski definition) is 1. The molecule has 4 rings (SSSR count). The van der Waals surface area contributed by atoms with Crippen LogP contribution in [0.1, 0.15) is 58.8 Å². The minimum atomic E-state index is -0.322. The molecule has 0 fully saturated rings. The van der Waals surface area contributed by atoms with Crippen molar-refractivity contribution in [1.29, 1.82) is 0 Å². The molecule has 0 spiro atoms. The van der Waals surface area contributed by atoms with E-state index in [0.29, 0.717) is 29.4 Å². The average Bonchev–Trinajstić information content (AvgIpc) is 3.23. The number of aromatic nitrogens is 4. The van der Waals surface area contributed by atoms with Gasteiger partial charge in [-0.2, -0.15) is 0 Å². The number of thioether (sulfide) groups is 1. The molecular formula is C24H31N5O2S. The van der Waals surface area contributed by atoms with E-state index < -0.39 is 0 Å². The van der Waals surface area contributed by atoms with E-state index in [1.54, 1.807) is 4.57 Å². The van der Waals surface area contributed by atoms with Crippen molar-refractivity contribution in [2.24, 2.45) is 0 Å². The summed E-state index contributed by atoms with van der Waals surface area (Å²) in [6, 6.07) is 7.52. The first-order chi connectivity index (χ1) is 15.6. The fourth-order valence-corrected chi connectivity index (χ4v) is 5.04. The maximum absolute atomic E-state index is 13.0. The van der Waals surface area contributed by atoms with Crippen LogP contribution in [-0.2, 0) is 11.3 Å². The Balaban J connectivity index is 1.55. The first kappa shape index (κ1) is 22.6. The van der Waals surface area contributed by atoms with Crippen molar-refractivity contribution in [1.82, 2.24) is 24.5 Å². The van der Waals surface area contributed by atoms with Gasteiger partial charge in [0.25, 0.3) is 5.56 Å². The summed E-state index contributed by atoms with van der Waals surface area (Å²) in [4.78, 5) is 25.8. The molecule has 2 heterocycles. The molecule has 1 unspecified atom stereocenters. The van der Waals surface area contributed by atoms with Crippen LogP contribution in [-0.4, -0.2) is 36.9 Å².